The Kier molecular flexibility index (Phi) is 3.12. The molecule has 0 amide bonds. The standard InChI is InChI=1S/C11H19N5/c1-15(2)11(12)13-7-9-8-16-6-4-3-5-10(16)14-9/h8H,3-7H2,1-2H3,(H2,12,13). The smallest absolute Gasteiger partial charge is 0.191 e. The Morgan fingerprint density at radius 1 is 1.56 bits per heavy atom. The molecule has 0 saturated heterocycles. The average molecular weight is 221 g/mol. The average Bonchev–Trinajstić information content (AvgIpc) is 2.68. The number of imidazole rings is 1. The maximum atomic E-state index is 5.73. The zero-order valence-electron chi connectivity index (χ0n) is 9.98. The van der Waals surface area contributed by atoms with Crippen LogP contribution in [0.3, 0.4) is 0 Å². The summed E-state index contributed by atoms with van der Waals surface area (Å²) in [5, 5.41) is 0. The molecule has 1 aromatic rings. The molecular formula is C11H19N5. The molecule has 88 valence electrons. The maximum Gasteiger partial charge on any atom is 0.191 e. The lowest BCUT2D eigenvalue weighted by atomic mass is 10.2. The highest BCUT2D eigenvalue weighted by molar-refractivity contribution is 5.77. The summed E-state index contributed by atoms with van der Waals surface area (Å²) in [7, 11) is 3.77. The molecule has 0 aromatic carbocycles. The summed E-state index contributed by atoms with van der Waals surface area (Å²) >= 11 is 0. The minimum atomic E-state index is 0.547. The van der Waals surface area contributed by atoms with Crippen molar-refractivity contribution >= 4 is 5.96 Å². The van der Waals surface area contributed by atoms with Crippen molar-refractivity contribution in [2.45, 2.75) is 32.4 Å². The largest absolute Gasteiger partial charge is 0.370 e. The molecule has 0 atom stereocenters. The summed E-state index contributed by atoms with van der Waals surface area (Å²) in [5.41, 5.74) is 6.74. The van der Waals surface area contributed by atoms with E-state index in [1.54, 1.807) is 4.90 Å². The summed E-state index contributed by atoms with van der Waals surface area (Å²) in [4.78, 5) is 10.6. The predicted octanol–water partition coefficient (Wildman–Crippen LogP) is 0.596. The normalized spacial score (nSPS) is 16.0. The quantitative estimate of drug-likeness (QED) is 0.587. The van der Waals surface area contributed by atoms with Crippen LogP contribution in [-0.4, -0.2) is 34.5 Å². The molecule has 2 heterocycles. The van der Waals surface area contributed by atoms with E-state index in [-0.39, 0.29) is 0 Å². The first-order valence-corrected chi connectivity index (χ1v) is 5.69. The number of rotatable bonds is 2. The minimum Gasteiger partial charge on any atom is -0.370 e. The molecule has 1 aliphatic heterocycles. The molecule has 1 aromatic heterocycles. The Morgan fingerprint density at radius 2 is 2.38 bits per heavy atom. The van der Waals surface area contributed by atoms with E-state index < -0.39 is 0 Å². The van der Waals surface area contributed by atoms with Crippen molar-refractivity contribution in [3.63, 3.8) is 0 Å². The molecule has 0 bridgehead atoms. The van der Waals surface area contributed by atoms with E-state index >= 15 is 0 Å². The Hall–Kier alpha value is -1.52. The van der Waals surface area contributed by atoms with E-state index in [1.165, 1.54) is 18.7 Å². The van der Waals surface area contributed by atoms with Gasteiger partial charge in [-0.2, -0.15) is 0 Å². The van der Waals surface area contributed by atoms with Gasteiger partial charge < -0.3 is 15.2 Å². The summed E-state index contributed by atoms with van der Waals surface area (Å²) in [6.45, 7) is 1.67. The van der Waals surface area contributed by atoms with Crippen molar-refractivity contribution in [2.75, 3.05) is 14.1 Å². The van der Waals surface area contributed by atoms with Crippen LogP contribution in [0.2, 0.25) is 0 Å². The second kappa shape index (κ2) is 4.55. The lowest BCUT2D eigenvalue weighted by molar-refractivity contribution is 0.522. The Bertz CT molecular complexity index is 368. The molecule has 2 N–H and O–H groups in total. The van der Waals surface area contributed by atoms with Crippen LogP contribution >= 0.6 is 0 Å². The fraction of sp³-hybridized carbons (Fsp3) is 0.636. The van der Waals surface area contributed by atoms with Crippen LogP contribution in [0.1, 0.15) is 24.4 Å². The van der Waals surface area contributed by atoms with Gasteiger partial charge in [-0.25, -0.2) is 9.98 Å². The van der Waals surface area contributed by atoms with E-state index in [2.05, 4.69) is 20.7 Å². The van der Waals surface area contributed by atoms with Crippen LogP contribution in [0, 0.1) is 0 Å². The van der Waals surface area contributed by atoms with Gasteiger partial charge in [0.1, 0.15) is 5.82 Å². The zero-order chi connectivity index (χ0) is 11.5. The first kappa shape index (κ1) is 11.0. The number of aromatic nitrogens is 2. The first-order chi connectivity index (χ1) is 7.66. The number of hydrogen-bond donors (Lipinski definition) is 1. The van der Waals surface area contributed by atoms with E-state index in [1.807, 2.05) is 14.1 Å². The van der Waals surface area contributed by atoms with Gasteiger partial charge in [-0.05, 0) is 12.8 Å². The zero-order valence-corrected chi connectivity index (χ0v) is 9.98. The van der Waals surface area contributed by atoms with E-state index in [0.717, 1.165) is 18.7 Å². The molecule has 0 spiro atoms. The molecule has 0 unspecified atom stereocenters. The lowest BCUT2D eigenvalue weighted by Crippen LogP contribution is -2.30. The van der Waals surface area contributed by atoms with Crippen LogP contribution in [0.15, 0.2) is 11.2 Å². The molecule has 5 heteroatoms. The summed E-state index contributed by atoms with van der Waals surface area (Å²) < 4.78 is 2.24. The number of hydrogen-bond acceptors (Lipinski definition) is 2. The van der Waals surface area contributed by atoms with Crippen molar-refractivity contribution in [2.24, 2.45) is 10.7 Å². The van der Waals surface area contributed by atoms with Gasteiger partial charge in [-0.3, -0.25) is 0 Å². The van der Waals surface area contributed by atoms with E-state index in [9.17, 15) is 0 Å². The van der Waals surface area contributed by atoms with Crippen molar-refractivity contribution in [1.82, 2.24) is 14.5 Å². The fourth-order valence-corrected chi connectivity index (χ4v) is 1.85. The van der Waals surface area contributed by atoms with Gasteiger partial charge in [0.2, 0.25) is 0 Å². The van der Waals surface area contributed by atoms with Crippen LogP contribution < -0.4 is 5.73 Å². The molecule has 5 nitrogen and oxygen atoms in total. The SMILES string of the molecule is CN(C)C(N)=NCc1cn2c(n1)CCCC2. The van der Waals surface area contributed by atoms with Gasteiger partial charge in [0.25, 0.3) is 0 Å². The number of guanidine groups is 1. The minimum absolute atomic E-state index is 0.547. The van der Waals surface area contributed by atoms with Crippen molar-refractivity contribution in [1.29, 1.82) is 0 Å². The maximum absolute atomic E-state index is 5.73. The van der Waals surface area contributed by atoms with Crippen LogP contribution in [0.4, 0.5) is 0 Å². The second-order valence-corrected chi connectivity index (χ2v) is 4.37. The van der Waals surface area contributed by atoms with Crippen molar-refractivity contribution in [3.8, 4) is 0 Å². The van der Waals surface area contributed by atoms with Gasteiger partial charge in [-0.15, -0.1) is 0 Å². The highest BCUT2D eigenvalue weighted by Gasteiger charge is 2.11. The predicted molar refractivity (Wildman–Crippen MR) is 64.2 cm³/mol. The lowest BCUT2D eigenvalue weighted by Gasteiger charge is -2.11. The number of nitrogens with two attached hydrogens (primary N) is 1. The summed E-state index contributed by atoms with van der Waals surface area (Å²) in [6.07, 6.45) is 5.69. The van der Waals surface area contributed by atoms with Crippen LogP contribution in [0.25, 0.3) is 0 Å². The first-order valence-electron chi connectivity index (χ1n) is 5.69. The number of nitrogens with zero attached hydrogens (tertiary/aromatic N) is 4. The monoisotopic (exact) mass is 221 g/mol. The molecule has 0 aliphatic carbocycles. The number of fused-ring (bicyclic) bond motifs is 1. The van der Waals surface area contributed by atoms with Crippen LogP contribution in [-0.2, 0) is 19.5 Å². The molecule has 16 heavy (non-hydrogen) atoms. The van der Waals surface area contributed by atoms with Crippen molar-refractivity contribution < 1.29 is 0 Å². The molecule has 2 rings (SSSR count). The van der Waals surface area contributed by atoms with Crippen LogP contribution in [0.5, 0.6) is 0 Å². The Balaban J connectivity index is 2.05. The molecule has 0 radical (unpaired) electrons. The van der Waals surface area contributed by atoms with Gasteiger partial charge in [0.15, 0.2) is 5.96 Å². The summed E-state index contributed by atoms with van der Waals surface area (Å²) in [6, 6.07) is 0. The third kappa shape index (κ3) is 2.35. The molecular weight excluding hydrogens is 202 g/mol. The van der Waals surface area contributed by atoms with Crippen molar-refractivity contribution in [3.05, 3.63) is 17.7 Å². The fourth-order valence-electron chi connectivity index (χ4n) is 1.85. The third-order valence-corrected chi connectivity index (χ3v) is 2.82. The Morgan fingerprint density at radius 3 is 3.06 bits per heavy atom. The highest BCUT2D eigenvalue weighted by Crippen LogP contribution is 2.14. The van der Waals surface area contributed by atoms with E-state index in [4.69, 9.17) is 5.73 Å². The van der Waals surface area contributed by atoms with E-state index in [0.29, 0.717) is 12.5 Å². The third-order valence-electron chi connectivity index (χ3n) is 2.82. The number of aryl methyl sites for hydroxylation is 2. The topological polar surface area (TPSA) is 59.4 Å². The molecule has 0 saturated carbocycles. The number of aliphatic imine (C=N–C) groups is 1. The highest BCUT2D eigenvalue weighted by atomic mass is 15.2. The second-order valence-electron chi connectivity index (χ2n) is 4.37. The van der Waals surface area contributed by atoms with Gasteiger partial charge >= 0.3 is 0 Å². The van der Waals surface area contributed by atoms with Gasteiger partial charge in [0, 0.05) is 33.3 Å². The van der Waals surface area contributed by atoms with Gasteiger partial charge in [0.05, 0.1) is 12.2 Å². The van der Waals surface area contributed by atoms with Gasteiger partial charge in [-0.1, -0.05) is 0 Å². The molecule has 1 aliphatic rings. The Labute approximate surface area is 96.0 Å². The molecule has 0 fully saturated rings. The summed E-state index contributed by atoms with van der Waals surface area (Å²) in [5.74, 6) is 1.74.